The first-order chi connectivity index (χ1) is 13.3. The van der Waals surface area contributed by atoms with Crippen LogP contribution in [0.5, 0.6) is 0 Å². The molecule has 0 aliphatic carbocycles. The Bertz CT molecular complexity index is 1170. The fraction of sp³-hybridized carbons (Fsp3) is 0.250. The number of anilines is 1. The fourth-order valence-electron chi connectivity index (χ4n) is 3.59. The molecule has 0 saturated carbocycles. The number of hydrogen-bond donors (Lipinski definition) is 0. The highest BCUT2D eigenvalue weighted by Crippen LogP contribution is 2.35. The first kappa shape index (κ1) is 18.9. The summed E-state index contributed by atoms with van der Waals surface area (Å²) >= 11 is 1.38. The molecule has 0 amide bonds. The number of benzene rings is 2. The second kappa shape index (κ2) is 7.18. The summed E-state index contributed by atoms with van der Waals surface area (Å²) in [6.07, 6.45) is 3.32. The predicted molar refractivity (Wildman–Crippen MR) is 112 cm³/mol. The molecule has 2 aromatic carbocycles. The number of carbonyl (C=O) groups is 1. The van der Waals surface area contributed by atoms with Gasteiger partial charge in [-0.25, -0.2) is 18.4 Å². The molecule has 8 heteroatoms. The Kier molecular flexibility index (Phi) is 4.84. The zero-order valence-corrected chi connectivity index (χ0v) is 17.1. The summed E-state index contributed by atoms with van der Waals surface area (Å²) in [5.41, 5.74) is 2.99. The third-order valence-electron chi connectivity index (χ3n) is 4.76. The lowest BCUT2D eigenvalue weighted by Crippen LogP contribution is -2.34. The molecule has 1 aromatic heterocycles. The van der Waals surface area contributed by atoms with Gasteiger partial charge in [0.25, 0.3) is 0 Å². The average molecular weight is 414 g/mol. The van der Waals surface area contributed by atoms with Crippen LogP contribution in [0, 0.1) is 0 Å². The van der Waals surface area contributed by atoms with Crippen LogP contribution in [-0.2, 0) is 16.4 Å². The first-order valence-corrected chi connectivity index (χ1v) is 11.7. The smallest absolute Gasteiger partial charge is 0.232 e. The molecule has 4 rings (SSSR count). The van der Waals surface area contributed by atoms with E-state index in [4.69, 9.17) is 0 Å². The zero-order chi connectivity index (χ0) is 19.9. The fourth-order valence-corrected chi connectivity index (χ4v) is 5.74. The molecule has 0 unspecified atom stereocenters. The normalized spacial score (nSPS) is 16.4. The SMILES string of the molecule is C[C@H]1Cc2cc(C(=O)CSc3ncnc4ccccc34)ccc2N1S(C)(=O)=O. The molecule has 0 bridgehead atoms. The molecule has 0 radical (unpaired) electrons. The van der Waals surface area contributed by atoms with Gasteiger partial charge in [-0.05, 0) is 43.2 Å². The molecule has 0 saturated heterocycles. The largest absolute Gasteiger partial charge is 0.293 e. The van der Waals surface area contributed by atoms with E-state index < -0.39 is 10.0 Å². The number of thioether (sulfide) groups is 1. The summed E-state index contributed by atoms with van der Waals surface area (Å²) in [6.45, 7) is 1.87. The summed E-state index contributed by atoms with van der Waals surface area (Å²) in [5.74, 6) is 0.242. The van der Waals surface area contributed by atoms with Crippen LogP contribution in [-0.4, -0.2) is 42.2 Å². The number of aromatic nitrogens is 2. The predicted octanol–water partition coefficient (Wildman–Crippen LogP) is 3.32. The second-order valence-corrected chi connectivity index (χ2v) is 9.69. The van der Waals surface area contributed by atoms with Crippen LogP contribution in [0.25, 0.3) is 10.9 Å². The number of nitrogens with zero attached hydrogens (tertiary/aromatic N) is 3. The van der Waals surface area contributed by atoms with E-state index in [1.165, 1.54) is 28.7 Å². The van der Waals surface area contributed by atoms with E-state index in [1.54, 1.807) is 12.1 Å². The average Bonchev–Trinajstić information content (AvgIpc) is 3.01. The van der Waals surface area contributed by atoms with E-state index in [-0.39, 0.29) is 17.6 Å². The molecule has 2 heterocycles. The topological polar surface area (TPSA) is 80.2 Å². The van der Waals surface area contributed by atoms with E-state index in [0.717, 1.165) is 21.5 Å². The van der Waals surface area contributed by atoms with E-state index in [0.29, 0.717) is 17.7 Å². The molecule has 28 heavy (non-hydrogen) atoms. The number of rotatable bonds is 5. The van der Waals surface area contributed by atoms with Gasteiger partial charge in [0.1, 0.15) is 11.4 Å². The van der Waals surface area contributed by atoms with Crippen LogP contribution >= 0.6 is 11.8 Å². The highest BCUT2D eigenvalue weighted by atomic mass is 32.2. The molecule has 0 N–H and O–H groups in total. The number of hydrogen-bond acceptors (Lipinski definition) is 6. The number of ketones is 1. The number of fused-ring (bicyclic) bond motifs is 2. The summed E-state index contributed by atoms with van der Waals surface area (Å²) in [4.78, 5) is 21.3. The van der Waals surface area contributed by atoms with Gasteiger partial charge in [-0.15, -0.1) is 0 Å². The van der Waals surface area contributed by atoms with Crippen molar-refractivity contribution in [2.75, 3.05) is 16.3 Å². The Hall–Kier alpha value is -2.45. The first-order valence-electron chi connectivity index (χ1n) is 8.82. The Labute approximate surface area is 168 Å². The third kappa shape index (κ3) is 3.49. The van der Waals surface area contributed by atoms with Gasteiger partial charge in [-0.2, -0.15) is 0 Å². The monoisotopic (exact) mass is 413 g/mol. The van der Waals surface area contributed by atoms with Crippen LogP contribution in [0.15, 0.2) is 53.8 Å². The number of sulfonamides is 1. The highest BCUT2D eigenvalue weighted by Gasteiger charge is 2.32. The van der Waals surface area contributed by atoms with Gasteiger partial charge in [-0.1, -0.05) is 30.0 Å². The van der Waals surface area contributed by atoms with Gasteiger partial charge in [-0.3, -0.25) is 9.10 Å². The molecule has 0 spiro atoms. The number of carbonyl (C=O) groups excluding carboxylic acids is 1. The number of para-hydroxylation sites is 1. The van der Waals surface area contributed by atoms with Gasteiger partial charge in [0.15, 0.2) is 5.78 Å². The third-order valence-corrected chi connectivity index (χ3v) is 7.03. The molecule has 3 aromatic rings. The van der Waals surface area contributed by atoms with E-state index >= 15 is 0 Å². The molecular formula is C20H19N3O3S2. The Balaban J connectivity index is 1.54. The summed E-state index contributed by atoms with van der Waals surface area (Å²) in [7, 11) is -3.34. The molecule has 1 aliphatic heterocycles. The van der Waals surface area contributed by atoms with Crippen LogP contribution in [0.1, 0.15) is 22.8 Å². The lowest BCUT2D eigenvalue weighted by Gasteiger charge is -2.21. The van der Waals surface area contributed by atoms with Gasteiger partial charge >= 0.3 is 0 Å². The minimum absolute atomic E-state index is 0.0130. The van der Waals surface area contributed by atoms with Crippen molar-refractivity contribution in [1.29, 1.82) is 0 Å². The molecule has 144 valence electrons. The zero-order valence-electron chi connectivity index (χ0n) is 15.5. The van der Waals surface area contributed by atoms with E-state index in [2.05, 4.69) is 9.97 Å². The quantitative estimate of drug-likeness (QED) is 0.363. The maximum atomic E-state index is 12.7. The van der Waals surface area contributed by atoms with Gasteiger partial charge in [0, 0.05) is 17.0 Å². The van der Waals surface area contributed by atoms with Crippen molar-refractivity contribution in [3.63, 3.8) is 0 Å². The summed E-state index contributed by atoms with van der Waals surface area (Å²) in [6, 6.07) is 12.8. The van der Waals surface area contributed by atoms with Crippen LogP contribution < -0.4 is 4.31 Å². The standard InChI is InChI=1S/C20H19N3O3S2/c1-13-9-15-10-14(7-8-18(15)23(13)28(2,25)26)19(24)11-27-20-16-5-3-4-6-17(16)21-12-22-20/h3-8,10,12-13H,9,11H2,1-2H3/t13-/m0/s1. The highest BCUT2D eigenvalue weighted by molar-refractivity contribution is 8.00. The Morgan fingerprint density at radius 2 is 2.00 bits per heavy atom. The van der Waals surface area contributed by atoms with E-state index in [1.807, 2.05) is 37.3 Å². The minimum atomic E-state index is -3.34. The molecular weight excluding hydrogens is 394 g/mol. The summed E-state index contributed by atoms with van der Waals surface area (Å²) in [5, 5.41) is 1.70. The maximum absolute atomic E-state index is 12.7. The van der Waals surface area contributed by atoms with E-state index in [9.17, 15) is 13.2 Å². The molecule has 1 atom stereocenters. The van der Waals surface area contributed by atoms with Gasteiger partial charge in [0.2, 0.25) is 10.0 Å². The van der Waals surface area contributed by atoms with Gasteiger partial charge in [0.05, 0.1) is 23.2 Å². The molecule has 6 nitrogen and oxygen atoms in total. The van der Waals surface area contributed by atoms with Crippen molar-refractivity contribution in [1.82, 2.24) is 9.97 Å². The van der Waals surface area contributed by atoms with Crippen molar-refractivity contribution >= 4 is 44.2 Å². The van der Waals surface area contributed by atoms with Crippen LogP contribution in [0.4, 0.5) is 5.69 Å². The van der Waals surface area contributed by atoms with Crippen molar-refractivity contribution in [2.45, 2.75) is 24.4 Å². The van der Waals surface area contributed by atoms with Crippen molar-refractivity contribution < 1.29 is 13.2 Å². The van der Waals surface area contributed by atoms with Crippen molar-refractivity contribution in [3.8, 4) is 0 Å². The van der Waals surface area contributed by atoms with Crippen molar-refractivity contribution in [3.05, 3.63) is 59.9 Å². The Morgan fingerprint density at radius 3 is 2.79 bits per heavy atom. The van der Waals surface area contributed by atoms with Gasteiger partial charge < -0.3 is 0 Å². The molecule has 1 aliphatic rings. The maximum Gasteiger partial charge on any atom is 0.232 e. The second-order valence-electron chi connectivity index (χ2n) is 6.86. The Morgan fingerprint density at radius 1 is 1.21 bits per heavy atom. The molecule has 0 fully saturated rings. The lowest BCUT2D eigenvalue weighted by molar-refractivity contribution is 0.102. The summed E-state index contributed by atoms with van der Waals surface area (Å²) < 4.78 is 25.5. The lowest BCUT2D eigenvalue weighted by atomic mass is 10.0. The number of Topliss-reactive ketones (excluding diaryl/α,β-unsaturated/α-hetero) is 1. The van der Waals surface area contributed by atoms with Crippen LogP contribution in [0.2, 0.25) is 0 Å². The van der Waals surface area contributed by atoms with Crippen LogP contribution in [0.3, 0.4) is 0 Å². The minimum Gasteiger partial charge on any atom is -0.293 e. The van der Waals surface area contributed by atoms with Crippen molar-refractivity contribution in [2.24, 2.45) is 0 Å².